The van der Waals surface area contributed by atoms with Gasteiger partial charge < -0.3 is 10.5 Å². The summed E-state index contributed by atoms with van der Waals surface area (Å²) in [6, 6.07) is 6.84. The van der Waals surface area contributed by atoms with E-state index in [1.54, 1.807) is 0 Å². The summed E-state index contributed by atoms with van der Waals surface area (Å²) >= 11 is 0. The Morgan fingerprint density at radius 3 is 2.76 bits per heavy atom. The Labute approximate surface area is 104 Å². The van der Waals surface area contributed by atoms with Gasteiger partial charge in [0.1, 0.15) is 5.75 Å². The highest BCUT2D eigenvalue weighted by atomic mass is 16.5. The van der Waals surface area contributed by atoms with E-state index in [9.17, 15) is 0 Å². The Hall–Kier alpha value is -1.02. The smallest absolute Gasteiger partial charge is 0.119 e. The van der Waals surface area contributed by atoms with Gasteiger partial charge in [-0.25, -0.2) is 0 Å². The first-order valence-corrected chi connectivity index (χ1v) is 6.76. The maximum absolute atomic E-state index is 5.77. The van der Waals surface area contributed by atoms with Gasteiger partial charge in [-0.2, -0.15) is 0 Å². The third kappa shape index (κ3) is 3.74. The van der Waals surface area contributed by atoms with Gasteiger partial charge in [0.2, 0.25) is 0 Å². The van der Waals surface area contributed by atoms with Gasteiger partial charge >= 0.3 is 0 Å². The Morgan fingerprint density at radius 2 is 2.00 bits per heavy atom. The molecule has 2 nitrogen and oxygen atoms in total. The quantitative estimate of drug-likeness (QED) is 0.793. The molecule has 1 aliphatic carbocycles. The van der Waals surface area contributed by atoms with Crippen molar-refractivity contribution in [1.82, 2.24) is 0 Å². The summed E-state index contributed by atoms with van der Waals surface area (Å²) in [6.45, 7) is 2.82. The summed E-state index contributed by atoms with van der Waals surface area (Å²) in [6.07, 6.45) is 7.18. The molecule has 1 aliphatic rings. The van der Waals surface area contributed by atoms with Gasteiger partial charge in [0, 0.05) is 6.04 Å². The van der Waals surface area contributed by atoms with Crippen molar-refractivity contribution in [2.75, 3.05) is 6.61 Å². The van der Waals surface area contributed by atoms with Crippen molar-refractivity contribution in [2.24, 2.45) is 5.73 Å². The summed E-state index contributed by atoms with van der Waals surface area (Å²) in [5.74, 6) is 1.02. The van der Waals surface area contributed by atoms with Crippen molar-refractivity contribution in [1.29, 1.82) is 0 Å². The van der Waals surface area contributed by atoms with Crippen LogP contribution in [-0.4, -0.2) is 12.6 Å². The molecule has 1 atom stereocenters. The van der Waals surface area contributed by atoms with Gasteiger partial charge in [0.25, 0.3) is 0 Å². The van der Waals surface area contributed by atoms with Gasteiger partial charge in [0.05, 0.1) is 6.61 Å². The number of hydrogen-bond donors (Lipinski definition) is 1. The average Bonchev–Trinajstić information content (AvgIpc) is 2.34. The van der Waals surface area contributed by atoms with Crippen LogP contribution in [0.2, 0.25) is 0 Å². The van der Waals surface area contributed by atoms with E-state index in [2.05, 4.69) is 18.2 Å². The Bertz CT molecular complexity index is 360. The van der Waals surface area contributed by atoms with Crippen LogP contribution in [0.1, 0.15) is 43.7 Å². The van der Waals surface area contributed by atoms with Crippen LogP contribution < -0.4 is 10.5 Å². The molecule has 0 aliphatic heterocycles. The minimum absolute atomic E-state index is 0.280. The molecule has 0 spiro atoms. The molecule has 0 fully saturated rings. The zero-order valence-corrected chi connectivity index (χ0v) is 10.7. The molecule has 0 radical (unpaired) electrons. The zero-order chi connectivity index (χ0) is 12.1. The molecule has 2 rings (SSSR count). The van der Waals surface area contributed by atoms with Crippen LogP contribution in [0, 0.1) is 0 Å². The van der Waals surface area contributed by atoms with E-state index < -0.39 is 0 Å². The molecule has 0 saturated heterocycles. The SMILES string of the molecule is CC(N)CCCOc1ccc2c(c1)CCCC2. The van der Waals surface area contributed by atoms with Gasteiger partial charge in [-0.3, -0.25) is 0 Å². The molecule has 0 aromatic heterocycles. The number of aryl methyl sites for hydroxylation is 2. The first-order valence-electron chi connectivity index (χ1n) is 6.76. The van der Waals surface area contributed by atoms with Crippen LogP contribution in [0.15, 0.2) is 18.2 Å². The summed E-state index contributed by atoms with van der Waals surface area (Å²) < 4.78 is 5.77. The summed E-state index contributed by atoms with van der Waals surface area (Å²) in [7, 11) is 0. The first-order chi connectivity index (χ1) is 8.25. The predicted octanol–water partition coefficient (Wildman–Crippen LogP) is 3.07. The third-order valence-electron chi connectivity index (χ3n) is 3.39. The minimum atomic E-state index is 0.280. The van der Waals surface area contributed by atoms with Crippen molar-refractivity contribution in [2.45, 2.75) is 51.5 Å². The summed E-state index contributed by atoms with van der Waals surface area (Å²) in [5.41, 5.74) is 8.71. The van der Waals surface area contributed by atoms with E-state index in [-0.39, 0.29) is 6.04 Å². The van der Waals surface area contributed by atoms with Gasteiger partial charge in [-0.1, -0.05) is 6.07 Å². The fraction of sp³-hybridized carbons (Fsp3) is 0.600. The average molecular weight is 233 g/mol. The number of hydrogen-bond acceptors (Lipinski definition) is 2. The van der Waals surface area contributed by atoms with E-state index in [1.165, 1.54) is 36.8 Å². The Morgan fingerprint density at radius 1 is 1.24 bits per heavy atom. The Kier molecular flexibility index (Phi) is 4.43. The maximum atomic E-state index is 5.77. The molecule has 94 valence electrons. The normalized spacial score (nSPS) is 16.4. The van der Waals surface area contributed by atoms with Crippen LogP contribution in [0.5, 0.6) is 5.75 Å². The third-order valence-corrected chi connectivity index (χ3v) is 3.39. The van der Waals surface area contributed by atoms with Crippen molar-refractivity contribution >= 4 is 0 Å². The van der Waals surface area contributed by atoms with Crippen LogP contribution >= 0.6 is 0 Å². The Balaban J connectivity index is 1.85. The number of nitrogens with two attached hydrogens (primary N) is 1. The highest BCUT2D eigenvalue weighted by Crippen LogP contribution is 2.25. The van der Waals surface area contributed by atoms with E-state index >= 15 is 0 Å². The van der Waals surface area contributed by atoms with Crippen molar-refractivity contribution in [3.8, 4) is 5.75 Å². The van der Waals surface area contributed by atoms with E-state index in [4.69, 9.17) is 10.5 Å². The molecule has 1 unspecified atom stereocenters. The monoisotopic (exact) mass is 233 g/mol. The molecular weight excluding hydrogens is 210 g/mol. The van der Waals surface area contributed by atoms with Crippen molar-refractivity contribution < 1.29 is 4.74 Å². The van der Waals surface area contributed by atoms with Crippen LogP contribution in [0.25, 0.3) is 0 Å². The second-order valence-corrected chi connectivity index (χ2v) is 5.11. The molecule has 0 heterocycles. The fourth-order valence-electron chi connectivity index (χ4n) is 2.39. The number of benzene rings is 1. The van der Waals surface area contributed by atoms with Gasteiger partial charge in [-0.15, -0.1) is 0 Å². The number of ether oxygens (including phenoxy) is 1. The van der Waals surface area contributed by atoms with E-state index in [0.717, 1.165) is 25.2 Å². The van der Waals surface area contributed by atoms with Crippen LogP contribution in [0.3, 0.4) is 0 Å². The highest BCUT2D eigenvalue weighted by Gasteiger charge is 2.09. The summed E-state index contributed by atoms with van der Waals surface area (Å²) in [5, 5.41) is 0. The predicted molar refractivity (Wildman–Crippen MR) is 71.5 cm³/mol. The first kappa shape index (κ1) is 12.4. The second kappa shape index (κ2) is 6.06. The molecule has 0 amide bonds. The standard InChI is InChI=1S/C15H23NO/c1-12(16)5-4-10-17-15-9-8-13-6-2-3-7-14(13)11-15/h8-9,11-12H,2-7,10,16H2,1H3. The maximum Gasteiger partial charge on any atom is 0.119 e. The molecule has 17 heavy (non-hydrogen) atoms. The van der Waals surface area contributed by atoms with Crippen LogP contribution in [0.4, 0.5) is 0 Å². The number of rotatable bonds is 5. The second-order valence-electron chi connectivity index (χ2n) is 5.11. The fourth-order valence-corrected chi connectivity index (χ4v) is 2.39. The molecule has 0 saturated carbocycles. The molecule has 2 N–H and O–H groups in total. The largest absolute Gasteiger partial charge is 0.494 e. The molecular formula is C15H23NO. The van der Waals surface area contributed by atoms with E-state index in [1.807, 2.05) is 6.92 Å². The lowest BCUT2D eigenvalue weighted by Crippen LogP contribution is -2.15. The van der Waals surface area contributed by atoms with Gasteiger partial charge in [0.15, 0.2) is 0 Å². The molecule has 1 aromatic carbocycles. The van der Waals surface area contributed by atoms with Crippen molar-refractivity contribution in [3.63, 3.8) is 0 Å². The van der Waals surface area contributed by atoms with Crippen LogP contribution in [-0.2, 0) is 12.8 Å². The molecule has 1 aromatic rings. The van der Waals surface area contributed by atoms with E-state index in [0.29, 0.717) is 0 Å². The van der Waals surface area contributed by atoms with Crippen molar-refractivity contribution in [3.05, 3.63) is 29.3 Å². The molecule has 2 heteroatoms. The summed E-state index contributed by atoms with van der Waals surface area (Å²) in [4.78, 5) is 0. The topological polar surface area (TPSA) is 35.2 Å². The highest BCUT2D eigenvalue weighted by molar-refractivity contribution is 5.37. The lowest BCUT2D eigenvalue weighted by atomic mass is 9.92. The molecule has 0 bridgehead atoms. The minimum Gasteiger partial charge on any atom is -0.494 e. The number of fused-ring (bicyclic) bond motifs is 1. The zero-order valence-electron chi connectivity index (χ0n) is 10.7. The van der Waals surface area contributed by atoms with Gasteiger partial charge in [-0.05, 0) is 68.7 Å². The lowest BCUT2D eigenvalue weighted by molar-refractivity contribution is 0.302. The lowest BCUT2D eigenvalue weighted by Gasteiger charge is -2.17.